The summed E-state index contributed by atoms with van der Waals surface area (Å²) in [6.45, 7) is 2.44. The van der Waals surface area contributed by atoms with Gasteiger partial charge in [-0.15, -0.1) is 0 Å². The SMILES string of the molecule is CCCCCC(O)C=CC1C(O)CC(O)C1CC=CCCCC(=O)OCc1ccccc1. The molecule has 0 amide bonds. The molecule has 5 nitrogen and oxygen atoms in total. The Balaban J connectivity index is 1.68. The molecule has 1 aliphatic rings. The molecule has 2 rings (SSSR count). The zero-order chi connectivity index (χ0) is 23.2. The number of carbonyl (C=O) groups is 1. The second-order valence-corrected chi connectivity index (χ2v) is 8.81. The van der Waals surface area contributed by atoms with Crippen LogP contribution in [0.3, 0.4) is 0 Å². The van der Waals surface area contributed by atoms with E-state index in [1.165, 1.54) is 0 Å². The zero-order valence-corrected chi connectivity index (χ0v) is 19.3. The molecule has 3 N–H and O–H groups in total. The Morgan fingerprint density at radius 2 is 1.91 bits per heavy atom. The van der Waals surface area contributed by atoms with Gasteiger partial charge in [-0.1, -0.05) is 80.8 Å². The molecular weight excluding hydrogens is 404 g/mol. The molecule has 0 aliphatic heterocycles. The average Bonchev–Trinajstić information content (AvgIpc) is 3.06. The van der Waals surface area contributed by atoms with Crippen LogP contribution < -0.4 is 0 Å². The Morgan fingerprint density at radius 1 is 1.12 bits per heavy atom. The number of hydrogen-bond donors (Lipinski definition) is 3. The summed E-state index contributed by atoms with van der Waals surface area (Å²) in [7, 11) is 0. The van der Waals surface area contributed by atoms with Crippen LogP contribution in [0.2, 0.25) is 0 Å². The Bertz CT molecular complexity index is 699. The van der Waals surface area contributed by atoms with Crippen molar-refractivity contribution in [3.8, 4) is 0 Å². The molecule has 0 bridgehead atoms. The van der Waals surface area contributed by atoms with Crippen molar-refractivity contribution < 1.29 is 24.9 Å². The molecule has 0 radical (unpaired) electrons. The molecule has 1 aromatic carbocycles. The van der Waals surface area contributed by atoms with E-state index >= 15 is 0 Å². The van der Waals surface area contributed by atoms with Gasteiger partial charge in [0.1, 0.15) is 6.61 Å². The topological polar surface area (TPSA) is 87.0 Å². The number of allylic oxidation sites excluding steroid dienone is 2. The van der Waals surface area contributed by atoms with E-state index in [0.29, 0.717) is 32.3 Å². The van der Waals surface area contributed by atoms with Crippen LogP contribution in [0.15, 0.2) is 54.6 Å². The minimum absolute atomic E-state index is 0.0591. The summed E-state index contributed by atoms with van der Waals surface area (Å²) in [6, 6.07) is 9.63. The highest BCUT2D eigenvalue weighted by Gasteiger charge is 2.39. The average molecular weight is 445 g/mol. The number of hydrogen-bond acceptors (Lipinski definition) is 5. The highest BCUT2D eigenvalue weighted by molar-refractivity contribution is 5.69. The van der Waals surface area contributed by atoms with Crippen molar-refractivity contribution in [2.45, 2.75) is 89.6 Å². The van der Waals surface area contributed by atoms with E-state index in [2.05, 4.69) is 6.92 Å². The van der Waals surface area contributed by atoms with Crippen molar-refractivity contribution in [2.75, 3.05) is 0 Å². The molecule has 32 heavy (non-hydrogen) atoms. The third-order valence-electron chi connectivity index (χ3n) is 6.14. The Labute approximate surface area is 192 Å². The van der Waals surface area contributed by atoms with Crippen LogP contribution in [0.1, 0.15) is 70.3 Å². The number of unbranched alkanes of at least 4 members (excludes halogenated alkanes) is 3. The molecule has 5 heteroatoms. The number of esters is 1. The summed E-state index contributed by atoms with van der Waals surface area (Å²) in [5.74, 6) is -0.404. The van der Waals surface area contributed by atoms with Gasteiger partial charge in [0.25, 0.3) is 0 Å². The third-order valence-corrected chi connectivity index (χ3v) is 6.14. The fourth-order valence-electron chi connectivity index (χ4n) is 4.21. The first-order chi connectivity index (χ1) is 15.5. The minimum atomic E-state index is -0.582. The lowest BCUT2D eigenvalue weighted by atomic mass is 9.89. The number of carbonyl (C=O) groups excluding carboxylic acids is 1. The number of ether oxygens (including phenoxy) is 1. The van der Waals surface area contributed by atoms with Crippen LogP contribution in [0, 0.1) is 11.8 Å². The van der Waals surface area contributed by atoms with Crippen molar-refractivity contribution in [3.63, 3.8) is 0 Å². The maximum absolute atomic E-state index is 11.9. The lowest BCUT2D eigenvalue weighted by Crippen LogP contribution is -2.20. The van der Waals surface area contributed by atoms with E-state index in [9.17, 15) is 20.1 Å². The van der Waals surface area contributed by atoms with Gasteiger partial charge in [-0.05, 0) is 37.2 Å². The van der Waals surface area contributed by atoms with E-state index in [0.717, 1.165) is 37.7 Å². The Hall–Kier alpha value is -1.95. The first-order valence-electron chi connectivity index (χ1n) is 12.1. The predicted octanol–water partition coefficient (Wildman–Crippen LogP) is 4.70. The van der Waals surface area contributed by atoms with Gasteiger partial charge in [-0.25, -0.2) is 0 Å². The van der Waals surface area contributed by atoms with Crippen LogP contribution in [-0.4, -0.2) is 39.6 Å². The molecule has 5 unspecified atom stereocenters. The second-order valence-electron chi connectivity index (χ2n) is 8.81. The van der Waals surface area contributed by atoms with Gasteiger partial charge in [0.05, 0.1) is 18.3 Å². The second kappa shape index (κ2) is 15.0. The Kier molecular flexibility index (Phi) is 12.3. The molecule has 0 saturated heterocycles. The maximum Gasteiger partial charge on any atom is 0.306 e. The fourth-order valence-corrected chi connectivity index (χ4v) is 4.21. The summed E-state index contributed by atoms with van der Waals surface area (Å²) in [5.41, 5.74) is 0.982. The lowest BCUT2D eigenvalue weighted by Gasteiger charge is -2.19. The lowest BCUT2D eigenvalue weighted by molar-refractivity contribution is -0.145. The van der Waals surface area contributed by atoms with E-state index < -0.39 is 18.3 Å². The molecular formula is C27H40O5. The maximum atomic E-state index is 11.9. The van der Waals surface area contributed by atoms with Crippen molar-refractivity contribution in [1.82, 2.24) is 0 Å². The molecule has 1 aromatic rings. The van der Waals surface area contributed by atoms with Crippen molar-refractivity contribution in [2.24, 2.45) is 11.8 Å². The predicted molar refractivity (Wildman–Crippen MR) is 127 cm³/mol. The normalized spacial score (nSPS) is 24.4. The van der Waals surface area contributed by atoms with Gasteiger partial charge < -0.3 is 20.1 Å². The van der Waals surface area contributed by atoms with Gasteiger partial charge >= 0.3 is 5.97 Å². The number of benzene rings is 1. The zero-order valence-electron chi connectivity index (χ0n) is 19.3. The molecule has 1 fully saturated rings. The number of aliphatic hydroxyl groups is 3. The monoisotopic (exact) mass is 444 g/mol. The molecule has 178 valence electrons. The minimum Gasteiger partial charge on any atom is -0.461 e. The third kappa shape index (κ3) is 9.68. The summed E-state index contributed by atoms with van der Waals surface area (Å²) in [6.07, 6.45) is 12.9. The van der Waals surface area contributed by atoms with Gasteiger partial charge in [-0.2, -0.15) is 0 Å². The van der Waals surface area contributed by atoms with Crippen molar-refractivity contribution >= 4 is 5.97 Å². The standard InChI is InChI=1S/C27H40O5/c1-2-3-7-14-22(28)17-18-24-23(25(29)19-26(24)30)15-10-4-5-11-16-27(31)32-20-21-12-8-6-9-13-21/h4,6,8-10,12-13,17-18,22-26,28-30H,2-3,5,7,11,14-16,19-20H2,1H3. The van der Waals surface area contributed by atoms with Crippen LogP contribution >= 0.6 is 0 Å². The number of rotatable bonds is 14. The van der Waals surface area contributed by atoms with Crippen LogP contribution in [0.4, 0.5) is 0 Å². The molecule has 0 aromatic heterocycles. The molecule has 5 atom stereocenters. The highest BCUT2D eigenvalue weighted by Crippen LogP contribution is 2.36. The largest absolute Gasteiger partial charge is 0.461 e. The molecule has 1 aliphatic carbocycles. The first-order valence-corrected chi connectivity index (χ1v) is 12.1. The van der Waals surface area contributed by atoms with Crippen molar-refractivity contribution in [1.29, 1.82) is 0 Å². The van der Waals surface area contributed by atoms with Crippen molar-refractivity contribution in [3.05, 3.63) is 60.2 Å². The Morgan fingerprint density at radius 3 is 2.66 bits per heavy atom. The molecule has 0 spiro atoms. The highest BCUT2D eigenvalue weighted by atomic mass is 16.5. The van der Waals surface area contributed by atoms with Gasteiger partial charge in [-0.3, -0.25) is 4.79 Å². The summed E-state index contributed by atoms with van der Waals surface area (Å²) < 4.78 is 5.28. The van der Waals surface area contributed by atoms with Gasteiger partial charge in [0, 0.05) is 18.8 Å². The first kappa shape index (κ1) is 26.3. The van der Waals surface area contributed by atoms with Crippen LogP contribution in [0.25, 0.3) is 0 Å². The van der Waals surface area contributed by atoms with Crippen LogP contribution in [-0.2, 0) is 16.1 Å². The van der Waals surface area contributed by atoms with E-state index in [1.807, 2.05) is 48.6 Å². The van der Waals surface area contributed by atoms with Gasteiger partial charge in [0.2, 0.25) is 0 Å². The summed E-state index contributed by atoms with van der Waals surface area (Å²) in [4.78, 5) is 11.9. The summed E-state index contributed by atoms with van der Waals surface area (Å²) >= 11 is 0. The van der Waals surface area contributed by atoms with E-state index in [1.54, 1.807) is 6.08 Å². The van der Waals surface area contributed by atoms with Crippen LogP contribution in [0.5, 0.6) is 0 Å². The van der Waals surface area contributed by atoms with E-state index in [-0.39, 0.29) is 17.8 Å². The summed E-state index contributed by atoms with van der Waals surface area (Å²) in [5, 5.41) is 30.8. The van der Waals surface area contributed by atoms with Gasteiger partial charge in [0.15, 0.2) is 0 Å². The molecule has 0 heterocycles. The quantitative estimate of drug-likeness (QED) is 0.220. The van der Waals surface area contributed by atoms with E-state index in [4.69, 9.17) is 4.74 Å². The molecule has 1 saturated carbocycles. The smallest absolute Gasteiger partial charge is 0.306 e. The fraction of sp³-hybridized carbons (Fsp3) is 0.593. The number of aliphatic hydroxyl groups excluding tert-OH is 3.